The molecule has 1 saturated heterocycles. The van der Waals surface area contributed by atoms with Gasteiger partial charge in [-0.05, 0) is 62.3 Å². The molecule has 0 spiro atoms. The van der Waals surface area contributed by atoms with E-state index in [0.717, 1.165) is 31.7 Å². The molecule has 1 amide bonds. The van der Waals surface area contributed by atoms with Gasteiger partial charge in [-0.3, -0.25) is 9.69 Å². The third kappa shape index (κ3) is 5.69. The summed E-state index contributed by atoms with van der Waals surface area (Å²) in [6, 6.07) is 11.4. The van der Waals surface area contributed by atoms with E-state index in [1.165, 1.54) is 30.7 Å². The van der Waals surface area contributed by atoms with Crippen LogP contribution < -0.4 is 10.0 Å². The van der Waals surface area contributed by atoms with Crippen molar-refractivity contribution in [3.05, 3.63) is 54.0 Å². The fraction of sp³-hybridized carbons (Fsp3) is 0.429. The molecule has 1 aliphatic rings. The van der Waals surface area contributed by atoms with Gasteiger partial charge in [0.1, 0.15) is 5.76 Å². The molecule has 3 rings (SSSR count). The lowest BCUT2D eigenvalue weighted by atomic mass is 10.1. The molecule has 0 saturated carbocycles. The van der Waals surface area contributed by atoms with Crippen molar-refractivity contribution in [3.63, 3.8) is 0 Å². The predicted octanol–water partition coefficient (Wildman–Crippen LogP) is 2.43. The fourth-order valence-electron chi connectivity index (χ4n) is 3.52. The first-order chi connectivity index (χ1) is 14.5. The summed E-state index contributed by atoms with van der Waals surface area (Å²) in [6.07, 6.45) is 5.20. The first-order valence-electron chi connectivity index (χ1n) is 10.0. The normalized spacial score (nSPS) is 16.0. The Labute approximate surface area is 176 Å². The molecule has 9 heteroatoms. The molecule has 1 aliphatic heterocycles. The van der Waals surface area contributed by atoms with E-state index in [1.54, 1.807) is 6.26 Å². The number of carbonyl (C=O) groups is 1. The number of furan rings is 1. The summed E-state index contributed by atoms with van der Waals surface area (Å²) in [5.74, 6) is 0.548. The van der Waals surface area contributed by atoms with Gasteiger partial charge in [0, 0.05) is 25.1 Å². The Kier molecular flexibility index (Phi) is 7.63. The van der Waals surface area contributed by atoms with Crippen LogP contribution in [0.15, 0.2) is 52.0 Å². The Balaban J connectivity index is 1.62. The predicted molar refractivity (Wildman–Crippen MR) is 111 cm³/mol. The zero-order valence-electron chi connectivity index (χ0n) is 16.7. The van der Waals surface area contributed by atoms with Gasteiger partial charge in [0.15, 0.2) is 0 Å². The number of hydrogen-bond acceptors (Lipinski definition) is 6. The van der Waals surface area contributed by atoms with Crippen molar-refractivity contribution in [1.82, 2.24) is 14.9 Å². The van der Waals surface area contributed by atoms with Gasteiger partial charge >= 0.3 is 0 Å². The third-order valence-electron chi connectivity index (χ3n) is 5.11. The molecule has 0 radical (unpaired) electrons. The second-order valence-electron chi connectivity index (χ2n) is 7.17. The molecule has 1 aromatic carbocycles. The number of nitrogens with zero attached hydrogens (tertiary/aromatic N) is 2. The maximum atomic E-state index is 12.6. The number of amides is 1. The summed E-state index contributed by atoms with van der Waals surface area (Å²) >= 11 is 0. The van der Waals surface area contributed by atoms with E-state index in [9.17, 15) is 13.2 Å². The van der Waals surface area contributed by atoms with E-state index < -0.39 is 10.0 Å². The fourth-order valence-corrected chi connectivity index (χ4v) is 4.55. The van der Waals surface area contributed by atoms with Crippen LogP contribution in [0.1, 0.15) is 47.8 Å². The van der Waals surface area contributed by atoms with Crippen molar-refractivity contribution < 1.29 is 17.6 Å². The highest BCUT2D eigenvalue weighted by molar-refractivity contribution is 7.89. The molecule has 160 valence electrons. The molecule has 2 N–H and O–H groups in total. The van der Waals surface area contributed by atoms with Crippen molar-refractivity contribution in [2.24, 2.45) is 0 Å². The summed E-state index contributed by atoms with van der Waals surface area (Å²) in [7, 11) is -3.70. The van der Waals surface area contributed by atoms with Gasteiger partial charge in [-0.2, -0.15) is 5.26 Å². The average Bonchev–Trinajstić information content (AvgIpc) is 3.29. The zero-order valence-corrected chi connectivity index (χ0v) is 17.5. The second kappa shape index (κ2) is 10.4. The Hall–Kier alpha value is -2.67. The Morgan fingerprint density at radius 3 is 2.53 bits per heavy atom. The van der Waals surface area contributed by atoms with Crippen LogP contribution >= 0.6 is 0 Å². The number of piperidine rings is 1. The molecule has 1 fully saturated rings. The van der Waals surface area contributed by atoms with E-state index in [-0.39, 0.29) is 29.8 Å². The van der Waals surface area contributed by atoms with Crippen LogP contribution in [-0.2, 0) is 10.0 Å². The number of hydrogen-bond donors (Lipinski definition) is 2. The summed E-state index contributed by atoms with van der Waals surface area (Å²) in [6.45, 7) is 2.38. The SMILES string of the molecule is N#CCCNS(=O)(=O)c1ccc(C(=O)NCC(c2ccco2)N2CCCCC2)cc1. The van der Waals surface area contributed by atoms with E-state index >= 15 is 0 Å². The smallest absolute Gasteiger partial charge is 0.251 e. The van der Waals surface area contributed by atoms with E-state index in [2.05, 4.69) is 14.9 Å². The molecule has 2 aromatic rings. The van der Waals surface area contributed by atoms with Crippen molar-refractivity contribution in [3.8, 4) is 6.07 Å². The number of nitriles is 1. The lowest BCUT2D eigenvalue weighted by molar-refractivity contribution is 0.0914. The molecular formula is C21H26N4O4S. The monoisotopic (exact) mass is 430 g/mol. The minimum atomic E-state index is -3.70. The lowest BCUT2D eigenvalue weighted by Gasteiger charge is -2.33. The molecule has 0 aliphatic carbocycles. The van der Waals surface area contributed by atoms with Crippen LogP contribution in [0.4, 0.5) is 0 Å². The topological polar surface area (TPSA) is 115 Å². The Morgan fingerprint density at radius 1 is 1.17 bits per heavy atom. The van der Waals surface area contributed by atoms with Crippen molar-refractivity contribution in [2.45, 2.75) is 36.6 Å². The first kappa shape index (κ1) is 22.0. The maximum absolute atomic E-state index is 12.6. The van der Waals surface area contributed by atoms with Crippen LogP contribution in [-0.4, -0.2) is 45.4 Å². The van der Waals surface area contributed by atoms with Gasteiger partial charge < -0.3 is 9.73 Å². The van der Waals surface area contributed by atoms with Crippen molar-refractivity contribution >= 4 is 15.9 Å². The number of benzene rings is 1. The molecule has 30 heavy (non-hydrogen) atoms. The number of likely N-dealkylation sites (tertiary alicyclic amines) is 1. The largest absolute Gasteiger partial charge is 0.468 e. The van der Waals surface area contributed by atoms with Crippen LogP contribution in [0.3, 0.4) is 0 Å². The highest BCUT2D eigenvalue weighted by Gasteiger charge is 2.25. The van der Waals surface area contributed by atoms with Gasteiger partial charge in [0.05, 0.1) is 23.3 Å². The number of rotatable bonds is 9. The van der Waals surface area contributed by atoms with Crippen LogP contribution in [0, 0.1) is 11.3 Å². The standard InChI is InChI=1S/C21H26N4O4S/c22-11-5-12-24-30(27,28)18-9-7-17(8-10-18)21(26)23-16-19(20-6-4-15-29-20)25-13-2-1-3-14-25/h4,6-10,15,19,24H,1-3,5,12-14,16H2,(H,23,26). The third-order valence-corrected chi connectivity index (χ3v) is 6.59. The minimum absolute atomic E-state index is 0.0340. The molecular weight excluding hydrogens is 404 g/mol. The van der Waals surface area contributed by atoms with Gasteiger partial charge in [-0.1, -0.05) is 6.42 Å². The molecule has 2 heterocycles. The Morgan fingerprint density at radius 2 is 1.90 bits per heavy atom. The van der Waals surface area contributed by atoms with Crippen LogP contribution in [0.5, 0.6) is 0 Å². The van der Waals surface area contributed by atoms with Gasteiger partial charge in [0.25, 0.3) is 5.91 Å². The van der Waals surface area contributed by atoms with Crippen molar-refractivity contribution in [1.29, 1.82) is 5.26 Å². The van der Waals surface area contributed by atoms with E-state index in [1.807, 2.05) is 18.2 Å². The summed E-state index contributed by atoms with van der Waals surface area (Å²) < 4.78 is 32.3. The molecule has 0 bridgehead atoms. The summed E-state index contributed by atoms with van der Waals surface area (Å²) in [4.78, 5) is 15.0. The number of sulfonamides is 1. The van der Waals surface area contributed by atoms with Gasteiger partial charge in [0.2, 0.25) is 10.0 Å². The van der Waals surface area contributed by atoms with Crippen LogP contribution in [0.25, 0.3) is 0 Å². The van der Waals surface area contributed by atoms with Crippen molar-refractivity contribution in [2.75, 3.05) is 26.2 Å². The zero-order chi connectivity index (χ0) is 21.4. The van der Waals surface area contributed by atoms with Gasteiger partial charge in [-0.15, -0.1) is 0 Å². The van der Waals surface area contributed by atoms with E-state index in [4.69, 9.17) is 9.68 Å². The molecule has 1 atom stereocenters. The molecule has 1 unspecified atom stereocenters. The maximum Gasteiger partial charge on any atom is 0.251 e. The Bertz CT molecular complexity index is 959. The molecule has 8 nitrogen and oxygen atoms in total. The van der Waals surface area contributed by atoms with Gasteiger partial charge in [-0.25, -0.2) is 13.1 Å². The number of nitrogens with one attached hydrogen (secondary N) is 2. The average molecular weight is 431 g/mol. The molecule has 1 aromatic heterocycles. The summed E-state index contributed by atoms with van der Waals surface area (Å²) in [5.41, 5.74) is 0.378. The second-order valence-corrected chi connectivity index (χ2v) is 8.94. The minimum Gasteiger partial charge on any atom is -0.468 e. The highest BCUT2D eigenvalue weighted by Crippen LogP contribution is 2.24. The number of carbonyl (C=O) groups excluding carboxylic acids is 1. The highest BCUT2D eigenvalue weighted by atomic mass is 32.2. The lowest BCUT2D eigenvalue weighted by Crippen LogP contribution is -2.40. The van der Waals surface area contributed by atoms with E-state index in [0.29, 0.717) is 12.1 Å². The quantitative estimate of drug-likeness (QED) is 0.591. The van der Waals surface area contributed by atoms with Crippen LogP contribution in [0.2, 0.25) is 0 Å². The summed E-state index contributed by atoms with van der Waals surface area (Å²) in [5, 5.41) is 11.5. The first-order valence-corrected chi connectivity index (χ1v) is 11.5.